The van der Waals surface area contributed by atoms with Crippen LogP contribution in [0.2, 0.25) is 0 Å². The molecule has 2 aliphatic rings. The van der Waals surface area contributed by atoms with Crippen LogP contribution in [0.1, 0.15) is 50.1 Å². The van der Waals surface area contributed by atoms with E-state index in [-0.39, 0.29) is 0 Å². The van der Waals surface area contributed by atoms with Crippen LogP contribution in [0, 0.1) is 11.3 Å². The second-order valence-electron chi connectivity index (χ2n) is 15.5. The normalized spacial score (nSPS) is 16.9. The summed E-state index contributed by atoms with van der Waals surface area (Å²) in [4.78, 5) is 2.31. The smallest absolute Gasteiger partial charge is 0.0991 e. The van der Waals surface area contributed by atoms with Gasteiger partial charge in [0.2, 0.25) is 0 Å². The van der Waals surface area contributed by atoms with E-state index >= 15 is 0 Å². The molecule has 0 amide bonds. The van der Waals surface area contributed by atoms with Crippen LogP contribution in [0.25, 0.3) is 22.3 Å². The van der Waals surface area contributed by atoms with Gasteiger partial charge in [0.05, 0.1) is 22.5 Å². The lowest BCUT2D eigenvalue weighted by atomic mass is 9.51. The first-order valence-electron chi connectivity index (χ1n) is 20.2. The Morgan fingerprint density at radius 1 is 0.339 bits per heavy atom. The molecule has 2 unspecified atom stereocenters. The Kier molecular flexibility index (Phi) is 8.03. The Morgan fingerprint density at radius 2 is 0.814 bits per heavy atom. The van der Waals surface area contributed by atoms with Gasteiger partial charge in [-0.25, -0.2) is 0 Å². The molecule has 0 N–H and O–H groups in total. The van der Waals surface area contributed by atoms with E-state index in [1.165, 1.54) is 61.2 Å². The zero-order chi connectivity index (χ0) is 39.4. The van der Waals surface area contributed by atoms with Crippen LogP contribution >= 0.6 is 0 Å². The molecule has 0 bridgehead atoms. The molecule has 0 fully saturated rings. The summed E-state index contributed by atoms with van der Waals surface area (Å²) < 4.78 is 0. The molecule has 0 heterocycles. The van der Waals surface area contributed by atoms with E-state index < -0.39 is 10.8 Å². The van der Waals surface area contributed by atoms with Crippen LogP contribution in [0.15, 0.2) is 231 Å². The van der Waals surface area contributed by atoms with Crippen molar-refractivity contribution in [1.29, 1.82) is 5.26 Å². The number of benzene rings is 9. The third kappa shape index (κ3) is 5.05. The molecule has 0 radical (unpaired) electrons. The molecule has 276 valence electrons. The standard InChI is InChI=1S/C57H38N2/c58-39-40-30-34-46(35-31-40)59(47-36-32-42(33-37-47)41-16-4-1-5-17-41)48-23-14-22-45(38-48)56(43-18-6-2-7-19-43)52-27-12-13-28-53(52)57(44-20-8-3-9-21-44)51-26-11-10-24-49(51)50-25-15-29-54(56)55(50)57/h1-38H. The fourth-order valence-corrected chi connectivity index (χ4v) is 10.3. The average Bonchev–Trinajstić information content (AvgIpc) is 3.63. The summed E-state index contributed by atoms with van der Waals surface area (Å²) in [7, 11) is 0. The van der Waals surface area contributed by atoms with Gasteiger partial charge in [0.15, 0.2) is 0 Å². The van der Waals surface area contributed by atoms with Crippen LogP contribution < -0.4 is 4.90 Å². The number of hydrogen-bond donors (Lipinski definition) is 0. The highest BCUT2D eigenvalue weighted by atomic mass is 15.1. The molecule has 2 aliphatic carbocycles. The van der Waals surface area contributed by atoms with Crippen LogP contribution in [-0.2, 0) is 10.8 Å². The Labute approximate surface area is 345 Å². The third-order valence-corrected chi connectivity index (χ3v) is 12.6. The number of fused-ring (bicyclic) bond motifs is 5. The van der Waals surface area contributed by atoms with E-state index in [0.29, 0.717) is 5.56 Å². The maximum Gasteiger partial charge on any atom is 0.0991 e. The molecule has 0 aliphatic heterocycles. The van der Waals surface area contributed by atoms with Crippen molar-refractivity contribution in [3.8, 4) is 28.3 Å². The molecule has 2 nitrogen and oxygen atoms in total. The molecule has 0 saturated carbocycles. The lowest BCUT2D eigenvalue weighted by Gasteiger charge is -2.49. The van der Waals surface area contributed by atoms with Gasteiger partial charge in [-0.2, -0.15) is 5.26 Å². The largest absolute Gasteiger partial charge is 0.310 e. The molecule has 11 rings (SSSR count). The lowest BCUT2D eigenvalue weighted by molar-refractivity contribution is 0.627. The van der Waals surface area contributed by atoms with E-state index in [1.807, 2.05) is 12.1 Å². The molecule has 2 atom stereocenters. The summed E-state index contributed by atoms with van der Waals surface area (Å²) in [6.07, 6.45) is 0. The second-order valence-corrected chi connectivity index (χ2v) is 15.5. The van der Waals surface area contributed by atoms with Crippen molar-refractivity contribution in [1.82, 2.24) is 0 Å². The van der Waals surface area contributed by atoms with E-state index in [9.17, 15) is 5.26 Å². The Morgan fingerprint density at radius 3 is 1.47 bits per heavy atom. The molecular weight excluding hydrogens is 713 g/mol. The van der Waals surface area contributed by atoms with Crippen LogP contribution in [0.5, 0.6) is 0 Å². The Bertz CT molecular complexity index is 3040. The summed E-state index contributed by atoms with van der Waals surface area (Å²) in [5, 5.41) is 9.74. The van der Waals surface area contributed by atoms with Crippen LogP contribution in [0.4, 0.5) is 17.1 Å². The molecule has 0 aromatic heterocycles. The molecule has 0 saturated heterocycles. The van der Waals surface area contributed by atoms with Crippen LogP contribution in [-0.4, -0.2) is 0 Å². The first-order valence-corrected chi connectivity index (χ1v) is 20.2. The fourth-order valence-electron chi connectivity index (χ4n) is 10.3. The van der Waals surface area contributed by atoms with Crippen molar-refractivity contribution in [2.75, 3.05) is 4.90 Å². The highest BCUT2D eigenvalue weighted by molar-refractivity contribution is 5.92. The van der Waals surface area contributed by atoms with Crippen molar-refractivity contribution in [2.45, 2.75) is 10.8 Å². The topological polar surface area (TPSA) is 27.0 Å². The number of nitrogens with zero attached hydrogens (tertiary/aromatic N) is 2. The van der Waals surface area contributed by atoms with Gasteiger partial charge in [0.25, 0.3) is 0 Å². The number of hydrogen-bond acceptors (Lipinski definition) is 2. The van der Waals surface area contributed by atoms with E-state index in [0.717, 1.165) is 22.6 Å². The zero-order valence-electron chi connectivity index (χ0n) is 32.3. The van der Waals surface area contributed by atoms with Gasteiger partial charge in [0, 0.05) is 17.1 Å². The zero-order valence-corrected chi connectivity index (χ0v) is 32.3. The van der Waals surface area contributed by atoms with Crippen LogP contribution in [0.3, 0.4) is 0 Å². The molecule has 9 aromatic carbocycles. The summed E-state index contributed by atoms with van der Waals surface area (Å²) in [6.45, 7) is 0. The summed E-state index contributed by atoms with van der Waals surface area (Å²) in [5.41, 5.74) is 17.6. The van der Waals surface area contributed by atoms with Gasteiger partial charge in [0.1, 0.15) is 0 Å². The minimum atomic E-state index is -0.674. The number of nitriles is 1. The molecule has 59 heavy (non-hydrogen) atoms. The van der Waals surface area contributed by atoms with Gasteiger partial charge in [-0.05, 0) is 115 Å². The number of anilines is 3. The van der Waals surface area contributed by atoms with Crippen molar-refractivity contribution in [3.63, 3.8) is 0 Å². The monoisotopic (exact) mass is 750 g/mol. The average molecular weight is 751 g/mol. The SMILES string of the molecule is N#Cc1ccc(N(c2ccc(-c3ccccc3)cc2)c2cccc(C3(c4ccccc4)c4ccccc4C4(c5ccccc5)c5ccccc5-c5cccc3c54)c2)cc1. The maximum atomic E-state index is 9.74. The predicted octanol–water partition coefficient (Wildman–Crippen LogP) is 13.8. The maximum absolute atomic E-state index is 9.74. The number of rotatable bonds is 7. The Balaban J connectivity index is 1.20. The van der Waals surface area contributed by atoms with E-state index in [2.05, 4.69) is 229 Å². The van der Waals surface area contributed by atoms with Crippen molar-refractivity contribution >= 4 is 17.1 Å². The minimum absolute atomic E-state index is 0.509. The lowest BCUT2D eigenvalue weighted by Crippen LogP contribution is -2.44. The van der Waals surface area contributed by atoms with E-state index in [4.69, 9.17) is 0 Å². The molecule has 9 aromatic rings. The predicted molar refractivity (Wildman–Crippen MR) is 240 cm³/mol. The van der Waals surface area contributed by atoms with Gasteiger partial charge in [-0.1, -0.05) is 182 Å². The fraction of sp³-hybridized carbons (Fsp3) is 0.0351. The molecular formula is C57H38N2. The quantitative estimate of drug-likeness (QED) is 0.162. The van der Waals surface area contributed by atoms with Crippen molar-refractivity contribution < 1.29 is 0 Å². The summed E-state index contributed by atoms with van der Waals surface area (Å²) >= 11 is 0. The van der Waals surface area contributed by atoms with Crippen molar-refractivity contribution in [2.24, 2.45) is 0 Å². The van der Waals surface area contributed by atoms with Gasteiger partial charge < -0.3 is 4.90 Å². The third-order valence-electron chi connectivity index (χ3n) is 12.6. The highest BCUT2D eigenvalue weighted by Crippen LogP contribution is 2.65. The molecule has 0 spiro atoms. The molecule has 2 heteroatoms. The second kappa shape index (κ2) is 13.7. The van der Waals surface area contributed by atoms with Gasteiger partial charge in [-0.3, -0.25) is 0 Å². The first kappa shape index (κ1) is 34.5. The van der Waals surface area contributed by atoms with Gasteiger partial charge in [-0.15, -0.1) is 0 Å². The summed E-state index contributed by atoms with van der Waals surface area (Å²) in [6, 6.07) is 86.0. The minimum Gasteiger partial charge on any atom is -0.310 e. The summed E-state index contributed by atoms with van der Waals surface area (Å²) in [5.74, 6) is 0. The van der Waals surface area contributed by atoms with E-state index in [1.54, 1.807) is 0 Å². The Hall–Kier alpha value is -7.73. The first-order chi connectivity index (χ1) is 29.2. The highest BCUT2D eigenvalue weighted by Gasteiger charge is 2.57. The van der Waals surface area contributed by atoms with Crippen molar-refractivity contribution in [3.05, 3.63) is 281 Å². The van der Waals surface area contributed by atoms with Gasteiger partial charge >= 0.3 is 0 Å².